The number of amides is 3. The zero-order valence-electron chi connectivity index (χ0n) is 58.6. The summed E-state index contributed by atoms with van der Waals surface area (Å²) in [5.41, 5.74) is 0. The first-order valence-electron chi connectivity index (χ1n) is 36.7. The number of rotatable bonds is 52. The van der Waals surface area contributed by atoms with E-state index in [2.05, 4.69) is 29.8 Å². The van der Waals surface area contributed by atoms with Gasteiger partial charge in [-0.15, -0.1) is 0 Å². The number of unbranched alkanes of at least 4 members (excludes halogenated alkanes) is 27. The topological polar surface area (TPSA) is 482 Å². The maximum atomic E-state index is 13.6. The maximum Gasteiger partial charge on any atom is 0.364 e. The van der Waals surface area contributed by atoms with Crippen LogP contribution < -0.4 is 16.0 Å². The van der Waals surface area contributed by atoms with Crippen molar-refractivity contribution in [3.8, 4) is 0 Å². The van der Waals surface area contributed by atoms with Gasteiger partial charge in [0, 0.05) is 19.8 Å². The lowest BCUT2D eigenvalue weighted by atomic mass is 9.88. The van der Waals surface area contributed by atoms with Gasteiger partial charge in [0.05, 0.1) is 57.3 Å². The van der Waals surface area contributed by atoms with Crippen molar-refractivity contribution >= 4 is 23.7 Å². The average molecular weight is 1430 g/mol. The number of carbonyl (C=O) groups excluding carboxylic acids is 3. The highest BCUT2D eigenvalue weighted by molar-refractivity contribution is 5.78. The van der Waals surface area contributed by atoms with Gasteiger partial charge in [0.15, 0.2) is 18.9 Å². The minimum atomic E-state index is -3.34. The van der Waals surface area contributed by atoms with E-state index in [-0.39, 0.29) is 12.3 Å². The fraction of sp³-hybridized carbons (Fsp3) is 0.913. The second kappa shape index (κ2) is 48.7. The standard InChI is InChI=1S/C69H125N3O27/c1-4-6-8-10-12-14-16-18-19-20-21-23-25-27-29-31-33-35-51(82)71-44(45(79)34-32-30-28-26-24-22-17-15-13-11-9-7-5-2)42-92-66-59(88)58(87)61(49(39-75)94-66)96-67-60(89)64(62(50(40-76)95-67)97-65-54(70-43(3)78)57(86)56(85)48(38-74)93-65)99-69(68(90)91)36-46(80)53(72-52(83)41-77)63(98-69)55(84)47(81)37-73/h32,34,44-50,53-67,73-77,79-81,84-89H,4-31,33,35-42H2,1-3H3,(H,70,78)(H,71,82)(H,72,83)(H,90,91)/b34-32+/t44-,45+,46?,47+,48?,49?,50?,53+,54?,55+,56-,57+,58+,59?,60?,61+,62-,63?,64+,65-,66+,67-,69-/m0/s1. The van der Waals surface area contributed by atoms with E-state index in [1.165, 1.54) is 122 Å². The van der Waals surface area contributed by atoms with Crippen LogP contribution >= 0.6 is 0 Å². The van der Waals surface area contributed by atoms with E-state index in [0.717, 1.165) is 58.3 Å². The van der Waals surface area contributed by atoms with Gasteiger partial charge in [-0.3, -0.25) is 14.4 Å². The molecular weight excluding hydrogens is 1300 g/mol. The van der Waals surface area contributed by atoms with Gasteiger partial charge < -0.3 is 130 Å². The number of carboxylic acid groups (broad SMARTS) is 1. The zero-order valence-corrected chi connectivity index (χ0v) is 58.6. The van der Waals surface area contributed by atoms with Crippen molar-refractivity contribution in [3.63, 3.8) is 0 Å². The van der Waals surface area contributed by atoms with E-state index >= 15 is 0 Å². The molecule has 0 bridgehead atoms. The fourth-order valence-corrected chi connectivity index (χ4v) is 13.2. The summed E-state index contributed by atoms with van der Waals surface area (Å²) in [6, 6.07) is -4.71. The molecule has 0 radical (unpaired) electrons. The normalized spacial score (nSPS) is 31.7. The number of hydrogen-bond acceptors (Lipinski definition) is 26. The second-order valence-electron chi connectivity index (χ2n) is 27.2. The highest BCUT2D eigenvalue weighted by Gasteiger charge is 2.62. The van der Waals surface area contributed by atoms with Gasteiger partial charge in [0.2, 0.25) is 17.7 Å². The smallest absolute Gasteiger partial charge is 0.364 e. The number of carboxylic acids is 1. The highest BCUT2D eigenvalue weighted by Crippen LogP contribution is 2.40. The number of carbonyl (C=O) groups is 4. The number of aliphatic hydroxyl groups excluding tert-OH is 14. The van der Waals surface area contributed by atoms with E-state index < -0.39 is 204 Å². The Morgan fingerprint density at radius 3 is 1.52 bits per heavy atom. The van der Waals surface area contributed by atoms with E-state index in [9.17, 15) is 95.8 Å². The molecule has 18 N–H and O–H groups in total. The van der Waals surface area contributed by atoms with Crippen LogP contribution in [0, 0.1) is 0 Å². The van der Waals surface area contributed by atoms with E-state index in [1.54, 1.807) is 6.08 Å². The summed E-state index contributed by atoms with van der Waals surface area (Å²) in [5.74, 6) is -7.85. The van der Waals surface area contributed by atoms with Crippen LogP contribution in [-0.4, -0.2) is 280 Å². The lowest BCUT2D eigenvalue weighted by Crippen LogP contribution is -2.72. The number of ether oxygens (including phenoxy) is 8. The van der Waals surface area contributed by atoms with Crippen LogP contribution in [0.5, 0.6) is 0 Å². The summed E-state index contributed by atoms with van der Waals surface area (Å²) in [6.45, 7) is -0.589. The number of nitrogens with one attached hydrogen (secondary N) is 3. The van der Waals surface area contributed by atoms with E-state index in [0.29, 0.717) is 12.8 Å². The van der Waals surface area contributed by atoms with Crippen molar-refractivity contribution in [2.24, 2.45) is 0 Å². The number of aliphatic carboxylic acids is 1. The first-order valence-corrected chi connectivity index (χ1v) is 36.7. The molecule has 4 saturated heterocycles. The van der Waals surface area contributed by atoms with Gasteiger partial charge >= 0.3 is 5.97 Å². The Morgan fingerprint density at radius 1 is 0.535 bits per heavy atom. The Balaban J connectivity index is 1.53. The summed E-state index contributed by atoms with van der Waals surface area (Å²) < 4.78 is 47.8. The van der Waals surface area contributed by atoms with Crippen LogP contribution in [0.15, 0.2) is 12.2 Å². The third-order valence-corrected chi connectivity index (χ3v) is 19.1. The first-order chi connectivity index (χ1) is 47.6. The lowest BCUT2D eigenvalue weighted by molar-refractivity contribution is -0.401. The summed E-state index contributed by atoms with van der Waals surface area (Å²) >= 11 is 0. The van der Waals surface area contributed by atoms with E-state index in [4.69, 9.17) is 37.9 Å². The molecule has 0 saturated carbocycles. The molecule has 0 aromatic rings. The van der Waals surface area contributed by atoms with Crippen LogP contribution in [-0.2, 0) is 57.1 Å². The monoisotopic (exact) mass is 1430 g/mol. The van der Waals surface area contributed by atoms with Crippen molar-refractivity contribution < 1.29 is 134 Å². The second-order valence-corrected chi connectivity index (χ2v) is 27.2. The van der Waals surface area contributed by atoms with Gasteiger partial charge in [0.1, 0.15) is 98.1 Å². The third kappa shape index (κ3) is 29.3. The molecule has 4 fully saturated rings. The minimum absolute atomic E-state index is 0.155. The van der Waals surface area contributed by atoms with Gasteiger partial charge in [-0.05, 0) is 19.3 Å². The quantitative estimate of drug-likeness (QED) is 0.0297. The van der Waals surface area contributed by atoms with Gasteiger partial charge in [-0.25, -0.2) is 4.79 Å². The number of allylic oxidation sites excluding steroid dienone is 1. The van der Waals surface area contributed by atoms with Crippen LogP contribution in [0.25, 0.3) is 0 Å². The molecule has 23 atom stereocenters. The average Bonchev–Trinajstić information content (AvgIpc) is 0.790. The summed E-state index contributed by atoms with van der Waals surface area (Å²) in [5, 5.41) is 172. The van der Waals surface area contributed by atoms with Crippen LogP contribution in [0.4, 0.5) is 0 Å². The molecule has 30 nitrogen and oxygen atoms in total. The van der Waals surface area contributed by atoms with Gasteiger partial charge in [-0.2, -0.15) is 0 Å². The summed E-state index contributed by atoms with van der Waals surface area (Å²) in [4.78, 5) is 52.1. The molecule has 0 aliphatic carbocycles. The molecule has 99 heavy (non-hydrogen) atoms. The van der Waals surface area contributed by atoms with Crippen LogP contribution in [0.2, 0.25) is 0 Å². The largest absolute Gasteiger partial charge is 0.477 e. The molecule has 4 aliphatic rings. The van der Waals surface area contributed by atoms with Crippen LogP contribution in [0.1, 0.15) is 220 Å². The molecule has 4 heterocycles. The summed E-state index contributed by atoms with van der Waals surface area (Å²) in [7, 11) is 0. The predicted molar refractivity (Wildman–Crippen MR) is 356 cm³/mol. The Kier molecular flexibility index (Phi) is 43.4. The highest BCUT2D eigenvalue weighted by atomic mass is 16.8. The van der Waals surface area contributed by atoms with Crippen molar-refractivity contribution in [3.05, 3.63) is 12.2 Å². The van der Waals surface area contributed by atoms with Crippen LogP contribution in [0.3, 0.4) is 0 Å². The Labute approximate surface area is 583 Å². The molecule has 578 valence electrons. The fourth-order valence-electron chi connectivity index (χ4n) is 13.2. The minimum Gasteiger partial charge on any atom is -0.477 e. The number of aliphatic hydroxyl groups is 14. The summed E-state index contributed by atoms with van der Waals surface area (Å²) in [6.07, 6.45) is -2.80. The maximum absolute atomic E-state index is 13.6. The Hall–Kier alpha value is -3.26. The molecule has 4 rings (SSSR count). The van der Waals surface area contributed by atoms with Gasteiger partial charge in [0.25, 0.3) is 5.79 Å². The molecule has 30 heteroatoms. The van der Waals surface area contributed by atoms with Crippen molar-refractivity contribution in [1.29, 1.82) is 0 Å². The predicted octanol–water partition coefficient (Wildman–Crippen LogP) is 0.886. The van der Waals surface area contributed by atoms with Crippen molar-refractivity contribution in [1.82, 2.24) is 16.0 Å². The van der Waals surface area contributed by atoms with Gasteiger partial charge in [-0.1, -0.05) is 193 Å². The Bertz CT molecular complexity index is 2230. The molecule has 0 aromatic carbocycles. The van der Waals surface area contributed by atoms with Crippen molar-refractivity contribution in [2.45, 2.75) is 360 Å². The van der Waals surface area contributed by atoms with E-state index in [1.807, 2.05) is 6.08 Å². The number of hydrogen-bond donors (Lipinski definition) is 18. The molecule has 0 spiro atoms. The molecule has 8 unspecified atom stereocenters. The first kappa shape index (κ1) is 88.1. The zero-order chi connectivity index (χ0) is 72.9. The third-order valence-electron chi connectivity index (χ3n) is 19.1. The molecule has 0 aromatic heterocycles. The molecular formula is C69H125N3O27. The molecule has 3 amide bonds. The SMILES string of the molecule is CCCCCCCCCCCCC/C=C/[C@@H](O)[C@H](CO[C@@H]1OC(CO)[C@@H](O[C@@H]2OC(CO)[C@H](O[C@@H]3OC(CO)[C@H](O)[C@H](O)C3NC(C)=O)[C@H](O[C@]3(C(=O)O)CC(O)[C@@H](NC(=O)CO)C([C@H](O)[C@H](O)CO)O3)C2O)[C@H](O)C1O)NC(=O)CCCCCCCCCCCCCCCCCCC. The molecule has 4 aliphatic heterocycles. The van der Waals surface area contributed by atoms with Crippen molar-refractivity contribution in [2.75, 3.05) is 39.6 Å². The lowest BCUT2D eigenvalue weighted by Gasteiger charge is -2.52. The Morgan fingerprint density at radius 2 is 1.02 bits per heavy atom.